The summed E-state index contributed by atoms with van der Waals surface area (Å²) in [7, 11) is 0. The third-order valence-corrected chi connectivity index (χ3v) is 5.59. The van der Waals surface area contributed by atoms with Crippen LogP contribution in [0.3, 0.4) is 0 Å². The van der Waals surface area contributed by atoms with Gasteiger partial charge in [-0.15, -0.1) is 0 Å². The van der Waals surface area contributed by atoms with Crippen LogP contribution in [-0.4, -0.2) is 22.3 Å². The number of amides is 1. The van der Waals surface area contributed by atoms with Crippen molar-refractivity contribution in [1.29, 1.82) is 0 Å². The lowest BCUT2D eigenvalue weighted by atomic mass is 9.98. The molecule has 4 aromatic rings. The number of rotatable bonds is 4. The summed E-state index contributed by atoms with van der Waals surface area (Å²) in [5, 5.41) is 13.2. The van der Waals surface area contributed by atoms with Crippen molar-refractivity contribution in [3.05, 3.63) is 88.6 Å². The normalized spacial score (nSPS) is 13.2. The van der Waals surface area contributed by atoms with Gasteiger partial charge in [0.15, 0.2) is 0 Å². The van der Waals surface area contributed by atoms with E-state index >= 15 is 0 Å². The Morgan fingerprint density at radius 2 is 1.78 bits per heavy atom. The smallest absolute Gasteiger partial charge is 0.272 e. The Balaban J connectivity index is 1.32. The van der Waals surface area contributed by atoms with Gasteiger partial charge in [0.1, 0.15) is 5.69 Å². The van der Waals surface area contributed by atoms with Gasteiger partial charge in [0.25, 0.3) is 5.91 Å². The van der Waals surface area contributed by atoms with Crippen molar-refractivity contribution >= 4 is 22.9 Å². The molecule has 8 heteroatoms. The predicted octanol–water partition coefficient (Wildman–Crippen LogP) is 5.11. The van der Waals surface area contributed by atoms with Gasteiger partial charge in [-0.1, -0.05) is 42.5 Å². The van der Waals surface area contributed by atoms with Crippen molar-refractivity contribution in [1.82, 2.24) is 15.6 Å². The first-order chi connectivity index (χ1) is 15.4. The van der Waals surface area contributed by atoms with Crippen molar-refractivity contribution in [2.24, 2.45) is 5.10 Å². The number of nitrogens with zero attached hydrogens (tertiary/aromatic N) is 2. The molecule has 5 rings (SSSR count). The van der Waals surface area contributed by atoms with Gasteiger partial charge < -0.3 is 0 Å². The number of aromatic amines is 1. The summed E-state index contributed by atoms with van der Waals surface area (Å²) in [6.07, 6.45) is -1.06. The standard InChI is InChI=1S/C24H17F3N4O/c25-24(26,27)17-9-4-14(5-10-17)13-28-31-23(32)21-12-20(29-30-21)18-11-8-16-7-6-15-2-1-3-19(18)22(15)16/h1-5,8-13H,6-7H2,(H,29,30)(H,31,32)/b28-13+. The number of aryl methyl sites for hydroxylation is 2. The Labute approximate surface area is 181 Å². The van der Waals surface area contributed by atoms with Gasteiger partial charge in [-0.2, -0.15) is 23.4 Å². The van der Waals surface area contributed by atoms with Crippen molar-refractivity contribution < 1.29 is 18.0 Å². The summed E-state index contributed by atoms with van der Waals surface area (Å²) >= 11 is 0. The third-order valence-electron chi connectivity index (χ3n) is 5.59. The monoisotopic (exact) mass is 434 g/mol. The molecule has 1 aliphatic carbocycles. The maximum Gasteiger partial charge on any atom is 0.416 e. The van der Waals surface area contributed by atoms with Crippen LogP contribution < -0.4 is 5.43 Å². The molecule has 0 saturated heterocycles. The molecule has 1 aromatic heterocycles. The van der Waals surface area contributed by atoms with Crippen LogP contribution >= 0.6 is 0 Å². The zero-order chi connectivity index (χ0) is 22.3. The molecule has 160 valence electrons. The van der Waals surface area contributed by atoms with Crippen LogP contribution in [-0.2, 0) is 19.0 Å². The highest BCUT2D eigenvalue weighted by Gasteiger charge is 2.29. The zero-order valence-electron chi connectivity index (χ0n) is 16.7. The van der Waals surface area contributed by atoms with E-state index in [9.17, 15) is 18.0 Å². The summed E-state index contributed by atoms with van der Waals surface area (Å²) < 4.78 is 37.9. The number of aromatic nitrogens is 2. The van der Waals surface area contributed by atoms with E-state index in [4.69, 9.17) is 0 Å². The molecule has 5 nitrogen and oxygen atoms in total. The molecular formula is C24H17F3N4O. The minimum atomic E-state index is -4.40. The van der Waals surface area contributed by atoms with Gasteiger partial charge in [-0.25, -0.2) is 5.43 Å². The largest absolute Gasteiger partial charge is 0.416 e. The molecule has 1 heterocycles. The van der Waals surface area contributed by atoms with Gasteiger partial charge in [0.05, 0.1) is 17.5 Å². The quantitative estimate of drug-likeness (QED) is 0.346. The van der Waals surface area contributed by atoms with E-state index in [1.54, 1.807) is 6.07 Å². The highest BCUT2D eigenvalue weighted by atomic mass is 19.4. The maximum atomic E-state index is 12.6. The summed E-state index contributed by atoms with van der Waals surface area (Å²) in [5.74, 6) is -0.502. The lowest BCUT2D eigenvalue weighted by Gasteiger charge is -2.06. The van der Waals surface area contributed by atoms with E-state index in [2.05, 4.69) is 38.9 Å². The molecule has 0 fully saturated rings. The average Bonchev–Trinajstić information content (AvgIpc) is 3.43. The van der Waals surface area contributed by atoms with Crippen molar-refractivity contribution in [2.45, 2.75) is 19.0 Å². The second-order valence-electron chi connectivity index (χ2n) is 7.60. The summed E-state index contributed by atoms with van der Waals surface area (Å²) in [5.41, 5.74) is 6.51. The van der Waals surface area contributed by atoms with E-state index in [1.165, 1.54) is 34.9 Å². The lowest BCUT2D eigenvalue weighted by Crippen LogP contribution is -2.18. The molecule has 0 saturated carbocycles. The molecule has 1 amide bonds. The number of hydrazone groups is 1. The van der Waals surface area contributed by atoms with Crippen molar-refractivity contribution in [3.63, 3.8) is 0 Å². The molecule has 0 aliphatic heterocycles. The number of benzene rings is 3. The molecule has 0 atom stereocenters. The number of carbonyl (C=O) groups excluding carboxylic acids is 1. The number of hydrogen-bond acceptors (Lipinski definition) is 3. The lowest BCUT2D eigenvalue weighted by molar-refractivity contribution is -0.137. The van der Waals surface area contributed by atoms with Crippen LogP contribution in [0, 0.1) is 0 Å². The van der Waals surface area contributed by atoms with Gasteiger partial charge in [-0.05, 0) is 58.5 Å². The molecule has 0 spiro atoms. The van der Waals surface area contributed by atoms with Gasteiger partial charge in [-0.3, -0.25) is 9.89 Å². The average molecular weight is 434 g/mol. The fourth-order valence-electron chi connectivity index (χ4n) is 4.03. The van der Waals surface area contributed by atoms with Gasteiger partial charge in [0, 0.05) is 5.56 Å². The minimum absolute atomic E-state index is 0.229. The molecule has 0 unspecified atom stereocenters. The number of nitrogens with one attached hydrogen (secondary N) is 2. The zero-order valence-corrected chi connectivity index (χ0v) is 16.7. The Bertz CT molecular complexity index is 1340. The first-order valence-corrected chi connectivity index (χ1v) is 10.00. The van der Waals surface area contributed by atoms with Crippen molar-refractivity contribution in [2.75, 3.05) is 0 Å². The molecule has 3 aromatic carbocycles. The first-order valence-electron chi connectivity index (χ1n) is 10.00. The van der Waals surface area contributed by atoms with Crippen LogP contribution in [0.5, 0.6) is 0 Å². The number of carbonyl (C=O) groups is 1. The van der Waals surface area contributed by atoms with Crippen LogP contribution in [0.25, 0.3) is 22.0 Å². The topological polar surface area (TPSA) is 70.1 Å². The second kappa shape index (κ2) is 7.64. The fraction of sp³-hybridized carbons (Fsp3) is 0.125. The molecular weight excluding hydrogens is 417 g/mol. The van der Waals surface area contributed by atoms with Crippen LogP contribution in [0.1, 0.15) is 32.7 Å². The second-order valence-corrected chi connectivity index (χ2v) is 7.60. The van der Waals surface area contributed by atoms with E-state index in [1.807, 2.05) is 12.1 Å². The third kappa shape index (κ3) is 3.64. The number of hydrogen-bond donors (Lipinski definition) is 2. The fourth-order valence-corrected chi connectivity index (χ4v) is 4.03. The summed E-state index contributed by atoms with van der Waals surface area (Å²) in [6, 6.07) is 16.5. The van der Waals surface area contributed by atoms with E-state index in [0.717, 1.165) is 35.9 Å². The van der Waals surface area contributed by atoms with Gasteiger partial charge >= 0.3 is 6.18 Å². The molecule has 1 aliphatic rings. The van der Waals surface area contributed by atoms with Gasteiger partial charge in [0.2, 0.25) is 0 Å². The Morgan fingerprint density at radius 3 is 2.53 bits per heavy atom. The number of halogens is 3. The summed E-state index contributed by atoms with van der Waals surface area (Å²) in [4.78, 5) is 12.4. The minimum Gasteiger partial charge on any atom is -0.272 e. The van der Waals surface area contributed by atoms with E-state index in [-0.39, 0.29) is 5.69 Å². The number of alkyl halides is 3. The van der Waals surface area contributed by atoms with Crippen LogP contribution in [0.15, 0.2) is 65.8 Å². The molecule has 32 heavy (non-hydrogen) atoms. The maximum absolute atomic E-state index is 12.6. The van der Waals surface area contributed by atoms with E-state index in [0.29, 0.717) is 11.3 Å². The Kier molecular flexibility index (Phi) is 4.77. The molecule has 0 radical (unpaired) electrons. The SMILES string of the molecule is O=C(N/N=C/c1ccc(C(F)(F)F)cc1)c1cc(-c2ccc3c4c(cccc24)CC3)n[nH]1. The Hall–Kier alpha value is -3.94. The van der Waals surface area contributed by atoms with E-state index < -0.39 is 17.6 Å². The highest BCUT2D eigenvalue weighted by molar-refractivity contribution is 6.02. The highest BCUT2D eigenvalue weighted by Crippen LogP contribution is 2.36. The predicted molar refractivity (Wildman–Crippen MR) is 115 cm³/mol. The Morgan fingerprint density at radius 1 is 1.03 bits per heavy atom. The summed E-state index contributed by atoms with van der Waals surface area (Å²) in [6.45, 7) is 0. The molecule has 0 bridgehead atoms. The molecule has 2 N–H and O–H groups in total. The van der Waals surface area contributed by atoms with Crippen molar-refractivity contribution in [3.8, 4) is 11.3 Å². The van der Waals surface area contributed by atoms with Crippen LogP contribution in [0.4, 0.5) is 13.2 Å². The van der Waals surface area contributed by atoms with Crippen LogP contribution in [0.2, 0.25) is 0 Å². The number of H-pyrrole nitrogens is 1. The first kappa shape index (κ1) is 20.0.